The number of fused-ring (bicyclic) bond motifs is 1. The summed E-state index contributed by atoms with van der Waals surface area (Å²) < 4.78 is 11.7. The number of likely N-dealkylation sites (tertiary alicyclic amines) is 1. The quantitative estimate of drug-likeness (QED) is 0.500. The van der Waals surface area contributed by atoms with E-state index in [0.717, 1.165) is 47.2 Å². The molecule has 0 radical (unpaired) electrons. The van der Waals surface area contributed by atoms with E-state index in [-0.39, 0.29) is 17.2 Å². The molecule has 1 fully saturated rings. The number of aromatic nitrogens is 1. The van der Waals surface area contributed by atoms with Crippen LogP contribution in [-0.4, -0.2) is 35.0 Å². The minimum Gasteiger partial charge on any atom is -0.493 e. The van der Waals surface area contributed by atoms with Crippen molar-refractivity contribution in [3.8, 4) is 5.75 Å². The Morgan fingerprint density at radius 1 is 1.18 bits per heavy atom. The number of imide groups is 1. The minimum atomic E-state index is -0.0777. The van der Waals surface area contributed by atoms with Crippen LogP contribution in [0.25, 0.3) is 11.0 Å². The largest absolute Gasteiger partial charge is 0.493 e. The van der Waals surface area contributed by atoms with Crippen LogP contribution in [0.15, 0.2) is 16.7 Å². The fraction of sp³-hybridized carbons (Fsp3) is 0.591. The van der Waals surface area contributed by atoms with E-state index in [0.29, 0.717) is 32.4 Å². The Morgan fingerprint density at radius 2 is 1.89 bits per heavy atom. The number of hydrogen-bond acceptors (Lipinski definition) is 5. The summed E-state index contributed by atoms with van der Waals surface area (Å²) in [5.74, 6) is 0.643. The molecular weight excluding hydrogens is 356 g/mol. The second kappa shape index (κ2) is 8.33. The van der Waals surface area contributed by atoms with Gasteiger partial charge in [0.05, 0.1) is 12.3 Å². The van der Waals surface area contributed by atoms with Crippen molar-refractivity contribution in [2.75, 3.05) is 13.2 Å². The fourth-order valence-corrected chi connectivity index (χ4v) is 3.62. The van der Waals surface area contributed by atoms with E-state index in [1.54, 1.807) is 0 Å². The van der Waals surface area contributed by atoms with Gasteiger partial charge in [-0.25, -0.2) is 0 Å². The zero-order chi connectivity index (χ0) is 20.3. The summed E-state index contributed by atoms with van der Waals surface area (Å²) in [6.45, 7) is 9.55. The summed E-state index contributed by atoms with van der Waals surface area (Å²) >= 11 is 0. The van der Waals surface area contributed by atoms with Crippen LogP contribution in [0.2, 0.25) is 0 Å². The van der Waals surface area contributed by atoms with Crippen LogP contribution in [0, 0.1) is 5.41 Å². The van der Waals surface area contributed by atoms with E-state index in [1.807, 2.05) is 12.1 Å². The molecule has 28 heavy (non-hydrogen) atoms. The molecule has 6 heteroatoms. The Hall–Kier alpha value is -2.37. The second-order valence-electron chi connectivity index (χ2n) is 8.68. The Kier molecular flexibility index (Phi) is 6.06. The maximum atomic E-state index is 11.7. The number of hydrogen-bond donors (Lipinski definition) is 0. The molecule has 0 bridgehead atoms. The average Bonchev–Trinajstić information content (AvgIpc) is 3.16. The first-order chi connectivity index (χ1) is 13.3. The Balaban J connectivity index is 1.71. The van der Waals surface area contributed by atoms with Gasteiger partial charge >= 0.3 is 0 Å². The van der Waals surface area contributed by atoms with Crippen LogP contribution < -0.4 is 4.74 Å². The van der Waals surface area contributed by atoms with Crippen LogP contribution in [-0.2, 0) is 22.4 Å². The predicted octanol–water partition coefficient (Wildman–Crippen LogP) is 4.29. The highest BCUT2D eigenvalue weighted by atomic mass is 16.5. The Morgan fingerprint density at radius 3 is 2.54 bits per heavy atom. The fourth-order valence-electron chi connectivity index (χ4n) is 3.62. The van der Waals surface area contributed by atoms with E-state index < -0.39 is 0 Å². The van der Waals surface area contributed by atoms with Crippen LogP contribution in [0.1, 0.15) is 64.6 Å². The van der Waals surface area contributed by atoms with E-state index in [9.17, 15) is 9.59 Å². The third-order valence-electron chi connectivity index (χ3n) is 4.91. The Labute approximate surface area is 166 Å². The van der Waals surface area contributed by atoms with Crippen LogP contribution in [0.3, 0.4) is 0 Å². The summed E-state index contributed by atoms with van der Waals surface area (Å²) in [5, 5.41) is 5.37. The molecule has 0 aliphatic carbocycles. The number of ether oxygens (including phenoxy) is 1. The smallest absolute Gasteiger partial charge is 0.229 e. The van der Waals surface area contributed by atoms with Gasteiger partial charge in [-0.2, -0.15) is 0 Å². The van der Waals surface area contributed by atoms with Gasteiger partial charge in [0.1, 0.15) is 5.75 Å². The van der Waals surface area contributed by atoms with Gasteiger partial charge in [0.15, 0.2) is 5.58 Å². The molecule has 1 aliphatic rings. The SMILES string of the molecule is CCCc1c(OCCCN2C(=O)CCC2=O)ccc2c(CC(C)(C)C)noc12. The number of amides is 2. The molecule has 0 saturated carbocycles. The monoisotopic (exact) mass is 386 g/mol. The predicted molar refractivity (Wildman–Crippen MR) is 107 cm³/mol. The number of aryl methyl sites for hydroxylation is 1. The summed E-state index contributed by atoms with van der Waals surface area (Å²) in [6, 6.07) is 4.01. The van der Waals surface area contributed by atoms with E-state index >= 15 is 0 Å². The van der Waals surface area contributed by atoms with Gasteiger partial charge in [0.2, 0.25) is 11.8 Å². The maximum Gasteiger partial charge on any atom is 0.229 e. The zero-order valence-corrected chi connectivity index (χ0v) is 17.3. The Bertz CT molecular complexity index is 847. The highest BCUT2D eigenvalue weighted by Gasteiger charge is 2.28. The highest BCUT2D eigenvalue weighted by Crippen LogP contribution is 2.33. The number of carbonyl (C=O) groups is 2. The molecule has 3 rings (SSSR count). The first-order valence-electron chi connectivity index (χ1n) is 10.2. The van der Waals surface area contributed by atoms with Gasteiger partial charge in [0, 0.05) is 30.3 Å². The third-order valence-corrected chi connectivity index (χ3v) is 4.91. The summed E-state index contributed by atoms with van der Waals surface area (Å²) in [5.41, 5.74) is 2.97. The number of benzene rings is 1. The molecule has 2 amide bonds. The lowest BCUT2D eigenvalue weighted by Crippen LogP contribution is -2.30. The van der Waals surface area contributed by atoms with Crippen LogP contribution in [0.4, 0.5) is 0 Å². The van der Waals surface area contributed by atoms with E-state index in [1.165, 1.54) is 4.90 Å². The van der Waals surface area contributed by atoms with Crippen LogP contribution >= 0.6 is 0 Å². The normalized spacial score (nSPS) is 15.1. The molecule has 2 heterocycles. The van der Waals surface area contributed by atoms with Crippen LogP contribution in [0.5, 0.6) is 5.75 Å². The molecule has 1 aliphatic heterocycles. The standard InChI is InChI=1S/C22H30N2O4/c1-5-7-16-18(27-13-6-12-24-19(25)10-11-20(24)26)9-8-15-17(14-22(2,3)4)23-28-21(15)16/h8-9H,5-7,10-14H2,1-4H3. The molecule has 0 atom stereocenters. The lowest BCUT2D eigenvalue weighted by atomic mass is 9.89. The molecular formula is C22H30N2O4. The molecule has 6 nitrogen and oxygen atoms in total. The highest BCUT2D eigenvalue weighted by molar-refractivity contribution is 6.01. The van der Waals surface area contributed by atoms with Gasteiger partial charge in [-0.15, -0.1) is 0 Å². The van der Waals surface area contributed by atoms with Crippen molar-refractivity contribution in [3.63, 3.8) is 0 Å². The maximum absolute atomic E-state index is 11.7. The van der Waals surface area contributed by atoms with Crippen molar-refractivity contribution in [1.29, 1.82) is 0 Å². The molecule has 0 unspecified atom stereocenters. The lowest BCUT2D eigenvalue weighted by molar-refractivity contribution is -0.138. The topological polar surface area (TPSA) is 72.6 Å². The van der Waals surface area contributed by atoms with Crippen molar-refractivity contribution >= 4 is 22.8 Å². The molecule has 0 N–H and O–H groups in total. The molecule has 1 aromatic heterocycles. The summed E-state index contributed by atoms with van der Waals surface area (Å²) in [4.78, 5) is 24.7. The van der Waals surface area contributed by atoms with Gasteiger partial charge in [-0.05, 0) is 36.8 Å². The van der Waals surface area contributed by atoms with Gasteiger partial charge in [-0.1, -0.05) is 39.3 Å². The molecule has 1 saturated heterocycles. The average molecular weight is 386 g/mol. The molecule has 0 spiro atoms. The molecule has 2 aromatic rings. The first-order valence-corrected chi connectivity index (χ1v) is 10.2. The van der Waals surface area contributed by atoms with Gasteiger partial charge in [0.25, 0.3) is 0 Å². The number of rotatable bonds is 8. The lowest BCUT2D eigenvalue weighted by Gasteiger charge is -2.16. The minimum absolute atomic E-state index is 0.0777. The van der Waals surface area contributed by atoms with E-state index in [4.69, 9.17) is 9.26 Å². The summed E-state index contributed by atoms with van der Waals surface area (Å²) in [6.07, 6.45) is 3.96. The molecule has 152 valence electrons. The van der Waals surface area contributed by atoms with Crippen molar-refractivity contribution < 1.29 is 18.8 Å². The second-order valence-corrected chi connectivity index (χ2v) is 8.68. The van der Waals surface area contributed by atoms with Crippen molar-refractivity contribution in [1.82, 2.24) is 10.1 Å². The van der Waals surface area contributed by atoms with Gasteiger partial charge < -0.3 is 9.26 Å². The zero-order valence-electron chi connectivity index (χ0n) is 17.3. The number of nitrogens with zero attached hydrogens (tertiary/aromatic N) is 2. The van der Waals surface area contributed by atoms with Crippen molar-refractivity contribution in [2.24, 2.45) is 5.41 Å². The molecule has 1 aromatic carbocycles. The first kappa shape index (κ1) is 20.4. The van der Waals surface area contributed by atoms with Gasteiger partial charge in [-0.3, -0.25) is 14.5 Å². The van der Waals surface area contributed by atoms with Crippen molar-refractivity contribution in [3.05, 3.63) is 23.4 Å². The summed E-state index contributed by atoms with van der Waals surface area (Å²) in [7, 11) is 0. The third kappa shape index (κ3) is 4.54. The number of carbonyl (C=O) groups excluding carboxylic acids is 2. The van der Waals surface area contributed by atoms with Crippen molar-refractivity contribution in [2.45, 2.75) is 66.2 Å². The van der Waals surface area contributed by atoms with E-state index in [2.05, 4.69) is 32.9 Å².